The zero-order valence-electron chi connectivity index (χ0n) is 19.0. The summed E-state index contributed by atoms with van der Waals surface area (Å²) >= 11 is 0. The Morgan fingerprint density at radius 2 is 1.74 bits per heavy atom. The van der Waals surface area contributed by atoms with Crippen molar-refractivity contribution in [3.8, 4) is 0 Å². The predicted molar refractivity (Wildman–Crippen MR) is 121 cm³/mol. The van der Waals surface area contributed by atoms with E-state index in [-0.39, 0.29) is 22.7 Å². The molecular weight excluding hydrogens is 471 g/mol. The Morgan fingerprint density at radius 1 is 1.09 bits per heavy atom. The third-order valence-electron chi connectivity index (χ3n) is 5.52. The molecule has 2 amide bonds. The van der Waals surface area contributed by atoms with Gasteiger partial charge in [0.25, 0.3) is 5.91 Å². The number of halogens is 3. The van der Waals surface area contributed by atoms with Gasteiger partial charge in [0.2, 0.25) is 15.9 Å². The Labute approximate surface area is 196 Å². The van der Waals surface area contributed by atoms with E-state index >= 15 is 0 Å². The fourth-order valence-electron chi connectivity index (χ4n) is 4.23. The zero-order valence-corrected chi connectivity index (χ0v) is 19.8. The predicted octanol–water partition coefficient (Wildman–Crippen LogP) is 3.70. The molecule has 11 heteroatoms. The van der Waals surface area contributed by atoms with E-state index in [1.165, 1.54) is 28.6 Å². The monoisotopic (exact) mass is 497 g/mol. The second-order valence-electron chi connectivity index (χ2n) is 8.37. The van der Waals surface area contributed by atoms with E-state index in [1.54, 1.807) is 31.3 Å². The van der Waals surface area contributed by atoms with Crippen LogP contribution in [0, 0.1) is 20.8 Å². The molecule has 0 unspecified atom stereocenters. The van der Waals surface area contributed by atoms with Crippen LogP contribution in [0.5, 0.6) is 0 Å². The summed E-state index contributed by atoms with van der Waals surface area (Å²) in [6.07, 6.45) is -3.73. The number of nitrogens with one attached hydrogen (secondary N) is 2. The molecule has 0 aromatic heterocycles. The summed E-state index contributed by atoms with van der Waals surface area (Å²) in [5, 5.41) is 4.37. The summed E-state index contributed by atoms with van der Waals surface area (Å²) in [7, 11) is -3.94. The number of rotatable bonds is 6. The standard InChI is InChI=1S/C23H26F3N3O4S/c1-14-10-15(2)20(16(3)11-14)34(32,33)29-9-5-8-19(29)22(31)28-18-7-4-6-17(12-18)21(30)27-13-23(24,25)26/h4,6-7,10-12,19H,5,8-9,13H2,1-3H3,(H,27,30)(H,28,31)/t19-/m1/s1. The van der Waals surface area contributed by atoms with Gasteiger partial charge in [-0.1, -0.05) is 23.8 Å². The number of sulfonamides is 1. The van der Waals surface area contributed by atoms with Gasteiger partial charge >= 0.3 is 6.18 Å². The van der Waals surface area contributed by atoms with Gasteiger partial charge in [-0.15, -0.1) is 0 Å². The SMILES string of the molecule is Cc1cc(C)c(S(=O)(=O)N2CCC[C@@H]2C(=O)Nc2cccc(C(=O)NCC(F)(F)F)c2)c(C)c1. The Balaban J connectivity index is 1.79. The lowest BCUT2D eigenvalue weighted by Crippen LogP contribution is -2.43. The molecule has 1 aliphatic rings. The molecule has 0 bridgehead atoms. The molecule has 0 aliphatic carbocycles. The third kappa shape index (κ3) is 5.76. The average molecular weight is 498 g/mol. The maximum Gasteiger partial charge on any atom is 0.405 e. The molecule has 0 radical (unpaired) electrons. The molecule has 1 heterocycles. The van der Waals surface area contributed by atoms with Gasteiger partial charge in [-0.25, -0.2) is 8.42 Å². The van der Waals surface area contributed by atoms with Gasteiger partial charge in [-0.2, -0.15) is 17.5 Å². The van der Waals surface area contributed by atoms with E-state index in [4.69, 9.17) is 0 Å². The second-order valence-corrected chi connectivity index (χ2v) is 10.2. The van der Waals surface area contributed by atoms with Gasteiger partial charge in [0.1, 0.15) is 12.6 Å². The minimum Gasteiger partial charge on any atom is -0.343 e. The first-order valence-electron chi connectivity index (χ1n) is 10.6. The first-order valence-corrected chi connectivity index (χ1v) is 12.1. The van der Waals surface area contributed by atoms with E-state index < -0.39 is 40.6 Å². The van der Waals surface area contributed by atoms with Gasteiger partial charge in [-0.05, 0) is 62.9 Å². The number of amides is 2. The first kappa shape index (κ1) is 25.7. The maximum atomic E-state index is 13.5. The highest BCUT2D eigenvalue weighted by Gasteiger charge is 2.40. The number of nitrogens with zero attached hydrogens (tertiary/aromatic N) is 1. The molecule has 1 aliphatic heterocycles. The van der Waals surface area contributed by atoms with E-state index in [0.29, 0.717) is 24.0 Å². The Kier molecular flexibility index (Phi) is 7.37. The minimum atomic E-state index is -4.55. The van der Waals surface area contributed by atoms with Gasteiger partial charge in [0.05, 0.1) is 4.90 Å². The normalized spacial score (nSPS) is 16.9. The van der Waals surface area contributed by atoms with Crippen LogP contribution in [0.1, 0.15) is 39.9 Å². The number of carbonyl (C=O) groups excluding carboxylic acids is 2. The van der Waals surface area contributed by atoms with Crippen molar-refractivity contribution in [1.82, 2.24) is 9.62 Å². The summed E-state index contributed by atoms with van der Waals surface area (Å²) in [6.45, 7) is 4.02. The smallest absolute Gasteiger partial charge is 0.343 e. The van der Waals surface area contributed by atoms with Crippen molar-refractivity contribution in [2.75, 3.05) is 18.4 Å². The third-order valence-corrected chi connectivity index (χ3v) is 7.73. The molecule has 2 aromatic rings. The molecule has 2 N–H and O–H groups in total. The first-order chi connectivity index (χ1) is 15.8. The number of benzene rings is 2. The number of carbonyl (C=O) groups is 2. The van der Waals surface area contributed by atoms with Gasteiger partial charge in [0.15, 0.2) is 0 Å². The zero-order chi connectivity index (χ0) is 25.3. The molecule has 1 atom stereocenters. The highest BCUT2D eigenvalue weighted by molar-refractivity contribution is 7.89. The van der Waals surface area contributed by atoms with Gasteiger partial charge in [0, 0.05) is 17.8 Å². The molecule has 34 heavy (non-hydrogen) atoms. The summed E-state index contributed by atoms with van der Waals surface area (Å²) in [5.41, 5.74) is 2.24. The van der Waals surface area contributed by atoms with E-state index in [1.807, 2.05) is 6.92 Å². The summed E-state index contributed by atoms with van der Waals surface area (Å²) in [5.74, 6) is -1.51. The van der Waals surface area contributed by atoms with Crippen LogP contribution in [0.3, 0.4) is 0 Å². The van der Waals surface area contributed by atoms with Gasteiger partial charge in [-0.3, -0.25) is 9.59 Å². The molecule has 1 fully saturated rings. The van der Waals surface area contributed by atoms with Crippen LogP contribution in [0.15, 0.2) is 41.3 Å². The topological polar surface area (TPSA) is 95.6 Å². The lowest BCUT2D eigenvalue weighted by atomic mass is 10.1. The minimum absolute atomic E-state index is 0.0659. The Bertz CT molecular complexity index is 1190. The molecule has 0 spiro atoms. The van der Waals surface area contributed by atoms with Crippen molar-refractivity contribution in [3.05, 3.63) is 58.7 Å². The number of alkyl halides is 3. The van der Waals surface area contributed by atoms with Crippen molar-refractivity contribution in [1.29, 1.82) is 0 Å². The maximum absolute atomic E-state index is 13.5. The van der Waals surface area contributed by atoms with Crippen molar-refractivity contribution < 1.29 is 31.2 Å². The Hall–Kier alpha value is -2.92. The second kappa shape index (κ2) is 9.75. The van der Waals surface area contributed by atoms with E-state index in [2.05, 4.69) is 5.32 Å². The highest BCUT2D eigenvalue weighted by Crippen LogP contribution is 2.31. The van der Waals surface area contributed by atoms with Crippen LogP contribution in [0.25, 0.3) is 0 Å². The summed E-state index contributed by atoms with van der Waals surface area (Å²) in [6, 6.07) is 8.05. The number of hydrogen-bond donors (Lipinski definition) is 2. The summed E-state index contributed by atoms with van der Waals surface area (Å²) in [4.78, 5) is 25.2. The van der Waals surface area contributed by atoms with Crippen molar-refractivity contribution in [3.63, 3.8) is 0 Å². The summed E-state index contributed by atoms with van der Waals surface area (Å²) < 4.78 is 65.2. The number of aryl methyl sites for hydroxylation is 3. The average Bonchev–Trinajstić information content (AvgIpc) is 3.22. The molecule has 2 aromatic carbocycles. The molecule has 1 saturated heterocycles. The molecule has 7 nitrogen and oxygen atoms in total. The highest BCUT2D eigenvalue weighted by atomic mass is 32.2. The molecule has 3 rings (SSSR count). The lowest BCUT2D eigenvalue weighted by molar-refractivity contribution is -0.123. The molecular formula is C23H26F3N3O4S. The van der Waals surface area contributed by atoms with Crippen molar-refractivity contribution in [2.24, 2.45) is 0 Å². The van der Waals surface area contributed by atoms with Crippen molar-refractivity contribution in [2.45, 2.75) is 50.7 Å². The van der Waals surface area contributed by atoms with Gasteiger partial charge < -0.3 is 10.6 Å². The molecule has 0 saturated carbocycles. The lowest BCUT2D eigenvalue weighted by Gasteiger charge is -2.25. The largest absolute Gasteiger partial charge is 0.405 e. The van der Waals surface area contributed by atoms with Crippen LogP contribution in [-0.2, 0) is 14.8 Å². The fraction of sp³-hybridized carbons (Fsp3) is 0.391. The van der Waals surface area contributed by atoms with Crippen LogP contribution < -0.4 is 10.6 Å². The van der Waals surface area contributed by atoms with Crippen molar-refractivity contribution >= 4 is 27.5 Å². The quantitative estimate of drug-likeness (QED) is 0.636. The van der Waals surface area contributed by atoms with Crippen LogP contribution in [0.2, 0.25) is 0 Å². The number of anilines is 1. The van der Waals surface area contributed by atoms with E-state index in [0.717, 1.165) is 5.56 Å². The fourth-order valence-corrected chi connectivity index (χ4v) is 6.30. The van der Waals surface area contributed by atoms with E-state index in [9.17, 15) is 31.2 Å². The Morgan fingerprint density at radius 3 is 2.35 bits per heavy atom. The van der Waals surface area contributed by atoms with Crippen LogP contribution in [0.4, 0.5) is 18.9 Å². The van der Waals surface area contributed by atoms with Crippen LogP contribution in [-0.4, -0.2) is 49.8 Å². The number of hydrogen-bond acceptors (Lipinski definition) is 4. The van der Waals surface area contributed by atoms with Crippen LogP contribution >= 0.6 is 0 Å². The molecule has 184 valence electrons.